The number of rotatable bonds is 6. The molecule has 0 bridgehead atoms. The van der Waals surface area contributed by atoms with Crippen molar-refractivity contribution in [1.29, 1.82) is 0 Å². The predicted molar refractivity (Wildman–Crippen MR) is 99.9 cm³/mol. The Labute approximate surface area is 157 Å². The molecule has 2 aliphatic rings. The molecule has 0 radical (unpaired) electrons. The fourth-order valence-electron chi connectivity index (χ4n) is 3.41. The molecule has 1 aromatic carbocycles. The Morgan fingerprint density at radius 1 is 1.15 bits per heavy atom. The quantitative estimate of drug-likeness (QED) is 0.623. The van der Waals surface area contributed by atoms with Gasteiger partial charge in [0, 0.05) is 37.5 Å². The standard InChI is InChI=1S/C19H23N5O3/c25-19(22-10-7-15(8-11-22)20-13-14-1-2-14)18-9-12-23(21-18)16-3-5-17(6-4-16)24(26)27/h3-6,9,12,14-15,20H,1-2,7-8,10-11,13H2. The minimum absolute atomic E-state index is 0.0281. The van der Waals surface area contributed by atoms with Gasteiger partial charge in [0.25, 0.3) is 11.6 Å². The molecule has 0 atom stereocenters. The summed E-state index contributed by atoms with van der Waals surface area (Å²) in [6, 6.07) is 8.30. The van der Waals surface area contributed by atoms with E-state index in [1.165, 1.54) is 25.0 Å². The number of nitrogens with zero attached hydrogens (tertiary/aromatic N) is 4. The summed E-state index contributed by atoms with van der Waals surface area (Å²) in [4.78, 5) is 24.9. The number of non-ortho nitro benzene ring substituents is 1. The number of nitrogens with one attached hydrogen (secondary N) is 1. The van der Waals surface area contributed by atoms with Crippen LogP contribution in [-0.2, 0) is 0 Å². The SMILES string of the molecule is O=C(c1ccn(-c2ccc([N+](=O)[O-])cc2)n1)N1CCC(NCC2CC2)CC1. The summed E-state index contributed by atoms with van der Waals surface area (Å²) < 4.78 is 1.57. The smallest absolute Gasteiger partial charge is 0.274 e. The monoisotopic (exact) mass is 369 g/mol. The maximum atomic E-state index is 12.7. The number of amides is 1. The van der Waals surface area contributed by atoms with Gasteiger partial charge < -0.3 is 10.2 Å². The van der Waals surface area contributed by atoms with E-state index in [4.69, 9.17) is 0 Å². The molecule has 2 heterocycles. The van der Waals surface area contributed by atoms with Crippen LogP contribution in [0.4, 0.5) is 5.69 Å². The Balaban J connectivity index is 1.35. The van der Waals surface area contributed by atoms with E-state index in [9.17, 15) is 14.9 Å². The molecule has 1 N–H and O–H groups in total. The Kier molecular flexibility index (Phi) is 4.89. The summed E-state index contributed by atoms with van der Waals surface area (Å²) in [5.41, 5.74) is 1.11. The molecule has 1 aromatic heterocycles. The first-order chi connectivity index (χ1) is 13.1. The van der Waals surface area contributed by atoms with E-state index >= 15 is 0 Å². The molecule has 0 unspecified atom stereocenters. The highest BCUT2D eigenvalue weighted by atomic mass is 16.6. The largest absolute Gasteiger partial charge is 0.337 e. The van der Waals surface area contributed by atoms with Gasteiger partial charge in [0.15, 0.2) is 5.69 Å². The molecular weight excluding hydrogens is 346 g/mol. The van der Waals surface area contributed by atoms with E-state index in [2.05, 4.69) is 10.4 Å². The van der Waals surface area contributed by atoms with Crippen LogP contribution in [0.15, 0.2) is 36.5 Å². The number of hydrogen-bond acceptors (Lipinski definition) is 5. The van der Waals surface area contributed by atoms with Crippen molar-refractivity contribution in [2.24, 2.45) is 5.92 Å². The number of nitro groups is 1. The van der Waals surface area contributed by atoms with E-state index in [1.807, 2.05) is 4.90 Å². The van der Waals surface area contributed by atoms with Crippen molar-refractivity contribution < 1.29 is 9.72 Å². The van der Waals surface area contributed by atoms with Gasteiger partial charge in [-0.25, -0.2) is 4.68 Å². The van der Waals surface area contributed by atoms with Crippen LogP contribution < -0.4 is 5.32 Å². The van der Waals surface area contributed by atoms with Crippen LogP contribution in [0.25, 0.3) is 5.69 Å². The van der Waals surface area contributed by atoms with Crippen molar-refractivity contribution in [3.8, 4) is 5.69 Å². The summed E-state index contributed by atoms with van der Waals surface area (Å²) >= 11 is 0. The second-order valence-electron chi connectivity index (χ2n) is 7.34. The van der Waals surface area contributed by atoms with Gasteiger partial charge in [0.05, 0.1) is 10.6 Å². The zero-order valence-corrected chi connectivity index (χ0v) is 15.1. The summed E-state index contributed by atoms with van der Waals surface area (Å²) in [5, 5.41) is 18.7. The summed E-state index contributed by atoms with van der Waals surface area (Å²) in [6.07, 6.45) is 6.35. The summed E-state index contributed by atoms with van der Waals surface area (Å²) in [7, 11) is 0. The molecule has 27 heavy (non-hydrogen) atoms. The number of carbonyl (C=O) groups is 1. The molecule has 142 valence electrons. The molecule has 4 rings (SSSR count). The third-order valence-corrected chi connectivity index (χ3v) is 5.31. The van der Waals surface area contributed by atoms with Gasteiger partial charge in [-0.2, -0.15) is 5.10 Å². The Hall–Kier alpha value is -2.74. The lowest BCUT2D eigenvalue weighted by atomic mass is 10.0. The molecular formula is C19H23N5O3. The van der Waals surface area contributed by atoms with Gasteiger partial charge in [0.2, 0.25) is 0 Å². The average molecular weight is 369 g/mol. The zero-order valence-electron chi connectivity index (χ0n) is 15.1. The highest BCUT2D eigenvalue weighted by Gasteiger charge is 2.27. The molecule has 1 amide bonds. The third-order valence-electron chi connectivity index (χ3n) is 5.31. The van der Waals surface area contributed by atoms with Crippen molar-refractivity contribution >= 4 is 11.6 Å². The van der Waals surface area contributed by atoms with Crippen molar-refractivity contribution in [1.82, 2.24) is 20.0 Å². The van der Waals surface area contributed by atoms with Gasteiger partial charge in [-0.15, -0.1) is 0 Å². The fraction of sp³-hybridized carbons (Fsp3) is 0.474. The number of carbonyl (C=O) groups excluding carboxylic acids is 1. The van der Waals surface area contributed by atoms with Crippen LogP contribution in [0.5, 0.6) is 0 Å². The molecule has 1 aliphatic heterocycles. The van der Waals surface area contributed by atoms with Crippen molar-refractivity contribution in [3.63, 3.8) is 0 Å². The van der Waals surface area contributed by atoms with Crippen LogP contribution in [-0.4, -0.2) is 51.2 Å². The first kappa shape index (κ1) is 17.7. The topological polar surface area (TPSA) is 93.3 Å². The highest BCUT2D eigenvalue weighted by Crippen LogP contribution is 2.28. The third kappa shape index (κ3) is 4.16. The first-order valence-corrected chi connectivity index (χ1v) is 9.43. The normalized spacial score (nSPS) is 17.9. The maximum absolute atomic E-state index is 12.7. The second-order valence-corrected chi connectivity index (χ2v) is 7.34. The minimum atomic E-state index is -0.440. The molecule has 8 nitrogen and oxygen atoms in total. The Morgan fingerprint density at radius 3 is 2.48 bits per heavy atom. The number of piperidine rings is 1. The van der Waals surface area contributed by atoms with Crippen LogP contribution in [0.1, 0.15) is 36.2 Å². The summed E-state index contributed by atoms with van der Waals surface area (Å²) in [5.74, 6) is 0.810. The Morgan fingerprint density at radius 2 is 1.85 bits per heavy atom. The minimum Gasteiger partial charge on any atom is -0.337 e. The lowest BCUT2D eigenvalue weighted by Crippen LogP contribution is -2.45. The fourth-order valence-corrected chi connectivity index (χ4v) is 3.41. The number of nitro benzene ring substituents is 1. The molecule has 1 saturated carbocycles. The maximum Gasteiger partial charge on any atom is 0.274 e. The second kappa shape index (κ2) is 7.48. The highest BCUT2D eigenvalue weighted by molar-refractivity contribution is 5.92. The van der Waals surface area contributed by atoms with E-state index < -0.39 is 4.92 Å². The van der Waals surface area contributed by atoms with Crippen molar-refractivity contribution in [3.05, 3.63) is 52.3 Å². The first-order valence-electron chi connectivity index (χ1n) is 9.43. The average Bonchev–Trinajstić information content (AvgIpc) is 3.40. The van der Waals surface area contributed by atoms with Gasteiger partial charge in [0.1, 0.15) is 0 Å². The van der Waals surface area contributed by atoms with Gasteiger partial charge in [-0.3, -0.25) is 14.9 Å². The molecule has 2 aromatic rings. The van der Waals surface area contributed by atoms with Crippen LogP contribution in [0.2, 0.25) is 0 Å². The van der Waals surface area contributed by atoms with Crippen molar-refractivity contribution in [2.45, 2.75) is 31.7 Å². The number of likely N-dealkylation sites (tertiary alicyclic amines) is 1. The summed E-state index contributed by atoms with van der Waals surface area (Å²) in [6.45, 7) is 2.59. The molecule has 1 aliphatic carbocycles. The molecule has 0 spiro atoms. The van der Waals surface area contributed by atoms with Crippen LogP contribution >= 0.6 is 0 Å². The van der Waals surface area contributed by atoms with E-state index in [0.29, 0.717) is 17.4 Å². The molecule has 1 saturated heterocycles. The van der Waals surface area contributed by atoms with E-state index in [-0.39, 0.29) is 11.6 Å². The van der Waals surface area contributed by atoms with Gasteiger partial charge >= 0.3 is 0 Å². The number of benzene rings is 1. The number of hydrogen-bond donors (Lipinski definition) is 1. The van der Waals surface area contributed by atoms with Crippen LogP contribution in [0.3, 0.4) is 0 Å². The van der Waals surface area contributed by atoms with E-state index in [0.717, 1.165) is 38.4 Å². The zero-order chi connectivity index (χ0) is 18.8. The lowest BCUT2D eigenvalue weighted by molar-refractivity contribution is -0.384. The van der Waals surface area contributed by atoms with Gasteiger partial charge in [-0.1, -0.05) is 0 Å². The Bertz CT molecular complexity index is 820. The molecule has 8 heteroatoms. The van der Waals surface area contributed by atoms with Crippen molar-refractivity contribution in [2.75, 3.05) is 19.6 Å². The van der Waals surface area contributed by atoms with Crippen LogP contribution in [0, 0.1) is 16.0 Å². The van der Waals surface area contributed by atoms with E-state index in [1.54, 1.807) is 29.1 Å². The number of aromatic nitrogens is 2. The molecule has 2 fully saturated rings. The lowest BCUT2D eigenvalue weighted by Gasteiger charge is -2.32. The van der Waals surface area contributed by atoms with Gasteiger partial charge in [-0.05, 0) is 56.3 Å². The predicted octanol–water partition coefficient (Wildman–Crippen LogP) is 2.38.